The van der Waals surface area contributed by atoms with Crippen molar-refractivity contribution in [2.45, 2.75) is 12.3 Å². The third-order valence-electron chi connectivity index (χ3n) is 2.85. The van der Waals surface area contributed by atoms with Gasteiger partial charge in [-0.1, -0.05) is 23.7 Å². The van der Waals surface area contributed by atoms with Crippen molar-refractivity contribution in [2.24, 2.45) is 0 Å². The summed E-state index contributed by atoms with van der Waals surface area (Å²) in [5.74, 6) is 0.568. The molecule has 1 saturated heterocycles. The molecule has 0 bridgehead atoms. The summed E-state index contributed by atoms with van der Waals surface area (Å²) in [5, 5.41) is 9.39. The minimum absolute atomic E-state index is 0.435. The van der Waals surface area contributed by atoms with Crippen LogP contribution in [-0.2, 0) is 6.42 Å². The predicted octanol–water partition coefficient (Wildman–Crippen LogP) is 2.44. The van der Waals surface area contributed by atoms with Crippen molar-refractivity contribution in [3.05, 3.63) is 34.3 Å². The smallest absolute Gasteiger partial charge is 0.0669 e. The molecule has 1 aliphatic rings. The van der Waals surface area contributed by atoms with Gasteiger partial charge in [-0.25, -0.2) is 0 Å². The quantitative estimate of drug-likeness (QED) is 0.766. The highest BCUT2D eigenvalue weighted by molar-refractivity contribution is 6.31. The normalized spacial score (nSPS) is 17.1. The van der Waals surface area contributed by atoms with E-state index in [1.807, 2.05) is 12.1 Å². The molecule has 0 spiro atoms. The maximum atomic E-state index is 8.58. The van der Waals surface area contributed by atoms with E-state index in [9.17, 15) is 0 Å². The Bertz CT molecular complexity index is 403. The first-order valence-corrected chi connectivity index (χ1v) is 5.42. The molecule has 15 heavy (non-hydrogen) atoms. The Morgan fingerprint density at radius 1 is 1.53 bits per heavy atom. The van der Waals surface area contributed by atoms with Gasteiger partial charge >= 0.3 is 0 Å². The van der Waals surface area contributed by atoms with E-state index in [4.69, 9.17) is 16.9 Å². The zero-order valence-electron chi connectivity index (χ0n) is 8.70. The zero-order chi connectivity index (χ0) is 10.8. The Morgan fingerprint density at radius 2 is 2.27 bits per heavy atom. The van der Waals surface area contributed by atoms with Crippen LogP contribution in [0.3, 0.4) is 0 Å². The predicted molar refractivity (Wildman–Crippen MR) is 61.0 cm³/mol. The molecule has 2 nitrogen and oxygen atoms in total. The van der Waals surface area contributed by atoms with E-state index in [1.54, 1.807) is 0 Å². The number of benzene rings is 1. The lowest BCUT2D eigenvalue weighted by molar-refractivity contribution is 0.190. The van der Waals surface area contributed by atoms with Crippen LogP contribution in [0, 0.1) is 11.3 Å². The summed E-state index contributed by atoms with van der Waals surface area (Å²) < 4.78 is 0. The van der Waals surface area contributed by atoms with Gasteiger partial charge in [0.25, 0.3) is 0 Å². The maximum Gasteiger partial charge on any atom is 0.0669 e. The van der Waals surface area contributed by atoms with E-state index >= 15 is 0 Å². The number of nitrogens with zero attached hydrogens (tertiary/aromatic N) is 2. The number of rotatable bonds is 2. The highest BCUT2D eigenvalue weighted by Gasteiger charge is 2.26. The third kappa shape index (κ3) is 2.14. The fourth-order valence-corrected chi connectivity index (χ4v) is 2.36. The molecular weight excluding hydrogens is 208 g/mol. The molecule has 1 aliphatic heterocycles. The summed E-state index contributed by atoms with van der Waals surface area (Å²) in [7, 11) is 2.11. The van der Waals surface area contributed by atoms with Gasteiger partial charge in [0.1, 0.15) is 0 Å². The van der Waals surface area contributed by atoms with E-state index < -0.39 is 0 Å². The van der Waals surface area contributed by atoms with E-state index in [1.165, 1.54) is 5.56 Å². The highest BCUT2D eigenvalue weighted by atomic mass is 35.5. The number of likely N-dealkylation sites (N-methyl/N-ethyl adjacent to an activating group) is 1. The monoisotopic (exact) mass is 220 g/mol. The lowest BCUT2D eigenvalue weighted by Gasteiger charge is -2.37. The lowest BCUT2D eigenvalue weighted by Crippen LogP contribution is -2.41. The summed E-state index contributed by atoms with van der Waals surface area (Å²) in [6.07, 6.45) is 0.435. The van der Waals surface area contributed by atoms with Crippen LogP contribution < -0.4 is 0 Å². The van der Waals surface area contributed by atoms with Crippen LogP contribution in [0.5, 0.6) is 0 Å². The highest BCUT2D eigenvalue weighted by Crippen LogP contribution is 2.31. The Hall–Kier alpha value is -1.04. The molecule has 0 unspecified atom stereocenters. The second-order valence-electron chi connectivity index (χ2n) is 4.11. The molecule has 2 rings (SSSR count). The standard InChI is InChI=1S/C12H13ClN2/c1-15-7-10(8-15)11-3-2-9(4-5-14)6-12(11)13/h2-3,6,10H,4,7-8H2,1H3. The fourth-order valence-electron chi connectivity index (χ4n) is 2.00. The van der Waals surface area contributed by atoms with E-state index in [-0.39, 0.29) is 0 Å². The molecule has 0 saturated carbocycles. The van der Waals surface area contributed by atoms with Crippen molar-refractivity contribution < 1.29 is 0 Å². The summed E-state index contributed by atoms with van der Waals surface area (Å²) >= 11 is 6.19. The number of hydrogen-bond donors (Lipinski definition) is 0. The molecule has 0 N–H and O–H groups in total. The van der Waals surface area contributed by atoms with Crippen LogP contribution in [0.1, 0.15) is 17.0 Å². The summed E-state index contributed by atoms with van der Waals surface area (Å²) in [5.41, 5.74) is 2.22. The average Bonchev–Trinajstić information content (AvgIpc) is 2.15. The van der Waals surface area contributed by atoms with Crippen LogP contribution >= 0.6 is 11.6 Å². The molecule has 1 fully saturated rings. The molecular formula is C12H13ClN2. The Morgan fingerprint density at radius 3 is 2.80 bits per heavy atom. The minimum Gasteiger partial charge on any atom is -0.305 e. The first-order chi connectivity index (χ1) is 7.20. The van der Waals surface area contributed by atoms with Gasteiger partial charge in [0.2, 0.25) is 0 Å². The minimum atomic E-state index is 0.435. The second kappa shape index (κ2) is 4.22. The Labute approximate surface area is 95.1 Å². The van der Waals surface area contributed by atoms with Crippen molar-refractivity contribution in [1.82, 2.24) is 4.90 Å². The van der Waals surface area contributed by atoms with Crippen LogP contribution in [0.25, 0.3) is 0 Å². The maximum absolute atomic E-state index is 8.58. The third-order valence-corrected chi connectivity index (χ3v) is 3.18. The zero-order valence-corrected chi connectivity index (χ0v) is 9.46. The van der Waals surface area contributed by atoms with Crippen molar-refractivity contribution in [1.29, 1.82) is 5.26 Å². The molecule has 1 heterocycles. The van der Waals surface area contributed by atoms with E-state index in [0.717, 1.165) is 23.7 Å². The molecule has 0 amide bonds. The molecule has 3 heteroatoms. The summed E-state index contributed by atoms with van der Waals surface area (Å²) in [4.78, 5) is 2.27. The average molecular weight is 221 g/mol. The Balaban J connectivity index is 2.17. The fraction of sp³-hybridized carbons (Fsp3) is 0.417. The van der Waals surface area contributed by atoms with Crippen LogP contribution in [0.15, 0.2) is 18.2 Å². The van der Waals surface area contributed by atoms with Gasteiger partial charge in [0.15, 0.2) is 0 Å². The van der Waals surface area contributed by atoms with Crippen molar-refractivity contribution in [2.75, 3.05) is 20.1 Å². The number of likely N-dealkylation sites (tertiary alicyclic amines) is 1. The van der Waals surface area contributed by atoms with Gasteiger partial charge in [-0.2, -0.15) is 5.26 Å². The van der Waals surface area contributed by atoms with Crippen molar-refractivity contribution >= 4 is 11.6 Å². The molecule has 0 atom stereocenters. The van der Waals surface area contributed by atoms with Gasteiger partial charge in [0.05, 0.1) is 12.5 Å². The second-order valence-corrected chi connectivity index (χ2v) is 4.52. The molecule has 0 aliphatic carbocycles. The van der Waals surface area contributed by atoms with Crippen molar-refractivity contribution in [3.8, 4) is 6.07 Å². The topological polar surface area (TPSA) is 27.0 Å². The van der Waals surface area contributed by atoms with Crippen LogP contribution in [0.4, 0.5) is 0 Å². The van der Waals surface area contributed by atoms with Crippen LogP contribution in [-0.4, -0.2) is 25.0 Å². The first kappa shape index (κ1) is 10.5. The van der Waals surface area contributed by atoms with Crippen molar-refractivity contribution in [3.63, 3.8) is 0 Å². The Kier molecular flexibility index (Phi) is 2.95. The van der Waals surface area contributed by atoms with Crippen LogP contribution in [0.2, 0.25) is 5.02 Å². The number of halogens is 1. The first-order valence-electron chi connectivity index (χ1n) is 5.04. The van der Waals surface area contributed by atoms with Gasteiger partial charge < -0.3 is 4.90 Å². The van der Waals surface area contributed by atoms with Gasteiger partial charge in [0, 0.05) is 24.0 Å². The molecule has 0 radical (unpaired) electrons. The van der Waals surface area contributed by atoms with E-state index in [0.29, 0.717) is 12.3 Å². The summed E-state index contributed by atoms with van der Waals surface area (Å²) in [6, 6.07) is 8.11. The molecule has 0 aromatic heterocycles. The molecule has 78 valence electrons. The van der Waals surface area contributed by atoms with Gasteiger partial charge in [-0.15, -0.1) is 0 Å². The lowest BCUT2D eigenvalue weighted by atomic mass is 9.91. The molecule has 1 aromatic carbocycles. The number of nitriles is 1. The van der Waals surface area contributed by atoms with E-state index in [2.05, 4.69) is 24.1 Å². The van der Waals surface area contributed by atoms with Gasteiger partial charge in [-0.3, -0.25) is 0 Å². The number of hydrogen-bond acceptors (Lipinski definition) is 2. The SMILES string of the molecule is CN1CC(c2ccc(CC#N)cc2Cl)C1. The molecule has 1 aromatic rings. The largest absolute Gasteiger partial charge is 0.305 e. The van der Waals surface area contributed by atoms with Gasteiger partial charge in [-0.05, 0) is 24.2 Å². The summed E-state index contributed by atoms with van der Waals surface area (Å²) in [6.45, 7) is 2.16.